The van der Waals surface area contributed by atoms with E-state index in [1.807, 2.05) is 26.8 Å². The van der Waals surface area contributed by atoms with Gasteiger partial charge in [-0.2, -0.15) is 0 Å². The summed E-state index contributed by atoms with van der Waals surface area (Å²) in [5, 5.41) is 19.7. The zero-order valence-electron chi connectivity index (χ0n) is 12.8. The summed E-state index contributed by atoms with van der Waals surface area (Å²) in [5.41, 5.74) is -0.0920. The number of hydrogen-bond acceptors (Lipinski definition) is 3. The number of carboxylic acid groups (broad SMARTS) is 1. The number of aliphatic hydroxyl groups is 1. The minimum Gasteiger partial charge on any atom is -0.478 e. The molecular weight excluding hydrogens is 256 g/mol. The van der Waals surface area contributed by atoms with E-state index in [0.717, 1.165) is 11.6 Å². The summed E-state index contributed by atoms with van der Waals surface area (Å²) in [7, 11) is 1.66. The smallest absolute Gasteiger partial charge is 0.328 e. The van der Waals surface area contributed by atoms with Crippen molar-refractivity contribution < 1.29 is 19.7 Å². The Morgan fingerprint density at radius 3 is 2.55 bits per heavy atom. The quantitative estimate of drug-likeness (QED) is 0.472. The van der Waals surface area contributed by atoms with E-state index in [4.69, 9.17) is 9.84 Å². The van der Waals surface area contributed by atoms with Crippen LogP contribution in [-0.4, -0.2) is 35.0 Å². The van der Waals surface area contributed by atoms with Gasteiger partial charge in [0.05, 0.1) is 6.10 Å². The lowest BCUT2D eigenvalue weighted by Gasteiger charge is -2.46. The maximum absolute atomic E-state index is 11.0. The SMILES string of the molecule is CO[C@H]1C=C(C)[C@@](O)(/C=C/C(C)=C\C(=O)O)C(C)(C)C1. The van der Waals surface area contributed by atoms with Gasteiger partial charge in [0, 0.05) is 18.6 Å². The number of carbonyl (C=O) groups is 1. The molecule has 0 bridgehead atoms. The zero-order chi connectivity index (χ0) is 15.6. The molecule has 0 aliphatic heterocycles. The van der Waals surface area contributed by atoms with Gasteiger partial charge in [-0.3, -0.25) is 0 Å². The van der Waals surface area contributed by atoms with Crippen molar-refractivity contribution >= 4 is 5.97 Å². The minimum atomic E-state index is -1.10. The van der Waals surface area contributed by atoms with Crippen molar-refractivity contribution in [3.05, 3.63) is 35.5 Å². The van der Waals surface area contributed by atoms with Crippen LogP contribution >= 0.6 is 0 Å². The first-order valence-corrected chi connectivity index (χ1v) is 6.67. The highest BCUT2D eigenvalue weighted by molar-refractivity contribution is 5.81. The molecule has 1 aliphatic carbocycles. The van der Waals surface area contributed by atoms with E-state index in [1.165, 1.54) is 0 Å². The lowest BCUT2D eigenvalue weighted by molar-refractivity contribution is -0.131. The van der Waals surface area contributed by atoms with Crippen LogP contribution in [0.4, 0.5) is 0 Å². The number of aliphatic carboxylic acids is 1. The van der Waals surface area contributed by atoms with Crippen molar-refractivity contribution in [3.8, 4) is 0 Å². The Bertz CT molecular complexity index is 471. The van der Waals surface area contributed by atoms with Crippen molar-refractivity contribution in [1.29, 1.82) is 0 Å². The van der Waals surface area contributed by atoms with Crippen molar-refractivity contribution in [2.75, 3.05) is 7.11 Å². The average molecular weight is 280 g/mol. The normalized spacial score (nSPS) is 30.4. The van der Waals surface area contributed by atoms with E-state index in [-0.39, 0.29) is 6.10 Å². The van der Waals surface area contributed by atoms with Gasteiger partial charge in [-0.25, -0.2) is 4.79 Å². The Hall–Kier alpha value is -1.39. The topological polar surface area (TPSA) is 66.8 Å². The van der Waals surface area contributed by atoms with Crippen LogP contribution in [0.2, 0.25) is 0 Å². The molecule has 1 aliphatic rings. The van der Waals surface area contributed by atoms with Crippen LogP contribution < -0.4 is 0 Å². The molecule has 112 valence electrons. The monoisotopic (exact) mass is 280 g/mol. The molecule has 0 radical (unpaired) electrons. The molecule has 0 heterocycles. The fraction of sp³-hybridized carbons (Fsp3) is 0.562. The van der Waals surface area contributed by atoms with Gasteiger partial charge >= 0.3 is 5.97 Å². The van der Waals surface area contributed by atoms with Gasteiger partial charge in [-0.15, -0.1) is 0 Å². The number of carboxylic acids is 1. The highest BCUT2D eigenvalue weighted by Crippen LogP contribution is 2.45. The Morgan fingerprint density at radius 1 is 1.50 bits per heavy atom. The Labute approximate surface area is 120 Å². The summed E-state index contributed by atoms with van der Waals surface area (Å²) in [4.78, 5) is 10.6. The number of rotatable bonds is 4. The van der Waals surface area contributed by atoms with Crippen LogP contribution in [0, 0.1) is 5.41 Å². The second kappa shape index (κ2) is 5.94. The molecule has 0 amide bonds. The van der Waals surface area contributed by atoms with Crippen LogP contribution in [0.1, 0.15) is 34.1 Å². The molecule has 0 aromatic rings. The Morgan fingerprint density at radius 2 is 2.10 bits per heavy atom. The fourth-order valence-corrected chi connectivity index (χ4v) is 2.66. The first kappa shape index (κ1) is 16.7. The van der Waals surface area contributed by atoms with Gasteiger partial charge in [0.2, 0.25) is 0 Å². The predicted molar refractivity (Wildman–Crippen MR) is 78.4 cm³/mol. The Kier molecular flexibility index (Phi) is 4.95. The molecule has 0 saturated carbocycles. The minimum absolute atomic E-state index is 0.00525. The summed E-state index contributed by atoms with van der Waals surface area (Å²) in [6.07, 6.45) is 7.07. The first-order valence-electron chi connectivity index (χ1n) is 6.67. The largest absolute Gasteiger partial charge is 0.478 e. The summed E-state index contributed by atoms with van der Waals surface area (Å²) in [6, 6.07) is 0. The molecule has 2 atom stereocenters. The zero-order valence-corrected chi connectivity index (χ0v) is 12.8. The molecule has 0 unspecified atom stereocenters. The van der Waals surface area contributed by atoms with Gasteiger partial charge in [-0.05, 0) is 37.5 Å². The van der Waals surface area contributed by atoms with Crippen molar-refractivity contribution in [1.82, 2.24) is 0 Å². The van der Waals surface area contributed by atoms with Gasteiger partial charge in [0.15, 0.2) is 0 Å². The summed E-state index contributed by atoms with van der Waals surface area (Å²) in [5.74, 6) is -0.992. The summed E-state index contributed by atoms with van der Waals surface area (Å²) >= 11 is 0. The number of methoxy groups -OCH3 is 1. The lowest BCUT2D eigenvalue weighted by atomic mass is 9.64. The molecule has 0 aromatic carbocycles. The van der Waals surface area contributed by atoms with Gasteiger partial charge in [0.1, 0.15) is 5.60 Å². The first-order chi connectivity index (χ1) is 9.12. The number of allylic oxidation sites excluding steroid dienone is 2. The summed E-state index contributed by atoms with van der Waals surface area (Å²) < 4.78 is 5.37. The van der Waals surface area contributed by atoms with Crippen molar-refractivity contribution in [2.45, 2.75) is 45.8 Å². The van der Waals surface area contributed by atoms with E-state index in [9.17, 15) is 9.90 Å². The van der Waals surface area contributed by atoms with Crippen molar-refractivity contribution in [3.63, 3.8) is 0 Å². The molecular formula is C16H24O4. The molecule has 0 aromatic heterocycles. The molecule has 0 fully saturated rings. The fourth-order valence-electron chi connectivity index (χ4n) is 2.66. The number of ether oxygens (including phenoxy) is 1. The summed E-state index contributed by atoms with van der Waals surface area (Å²) in [6.45, 7) is 7.53. The lowest BCUT2D eigenvalue weighted by Crippen LogP contribution is -2.49. The molecule has 0 spiro atoms. The molecule has 2 N–H and O–H groups in total. The standard InChI is InChI=1S/C16H24O4/c1-11(8-14(17)18)6-7-16(19)12(2)9-13(20-5)10-15(16,3)4/h6-9,13,19H,10H2,1-5H3,(H,17,18)/b7-6+,11-8-/t13-,16-/m0/s1. The molecule has 4 heteroatoms. The van der Waals surface area contributed by atoms with E-state index >= 15 is 0 Å². The maximum atomic E-state index is 11.0. The van der Waals surface area contributed by atoms with E-state index in [2.05, 4.69) is 0 Å². The molecule has 20 heavy (non-hydrogen) atoms. The van der Waals surface area contributed by atoms with Crippen molar-refractivity contribution in [2.24, 2.45) is 5.41 Å². The second-order valence-corrected chi connectivity index (χ2v) is 6.04. The van der Waals surface area contributed by atoms with Gasteiger partial charge in [0.25, 0.3) is 0 Å². The number of hydrogen-bond donors (Lipinski definition) is 2. The third-order valence-electron chi connectivity index (χ3n) is 4.02. The van der Waals surface area contributed by atoms with Gasteiger partial charge < -0.3 is 14.9 Å². The second-order valence-electron chi connectivity index (χ2n) is 6.04. The van der Waals surface area contributed by atoms with Gasteiger partial charge in [-0.1, -0.05) is 26.0 Å². The van der Waals surface area contributed by atoms with Crippen LogP contribution in [0.5, 0.6) is 0 Å². The maximum Gasteiger partial charge on any atom is 0.328 e. The van der Waals surface area contributed by atoms with Crippen LogP contribution in [0.25, 0.3) is 0 Å². The third kappa shape index (κ3) is 3.38. The highest BCUT2D eigenvalue weighted by atomic mass is 16.5. The molecule has 1 rings (SSSR count). The van der Waals surface area contributed by atoms with E-state index in [1.54, 1.807) is 26.2 Å². The average Bonchev–Trinajstić information content (AvgIpc) is 2.32. The van der Waals surface area contributed by atoms with Crippen LogP contribution in [-0.2, 0) is 9.53 Å². The van der Waals surface area contributed by atoms with E-state index in [0.29, 0.717) is 12.0 Å². The third-order valence-corrected chi connectivity index (χ3v) is 4.02. The molecule has 0 saturated heterocycles. The highest BCUT2D eigenvalue weighted by Gasteiger charge is 2.46. The Balaban J connectivity index is 3.13. The van der Waals surface area contributed by atoms with Crippen LogP contribution in [0.3, 0.4) is 0 Å². The van der Waals surface area contributed by atoms with Crippen LogP contribution in [0.15, 0.2) is 35.5 Å². The van der Waals surface area contributed by atoms with E-state index < -0.39 is 17.0 Å². The molecule has 4 nitrogen and oxygen atoms in total. The predicted octanol–water partition coefficient (Wildman–Crippen LogP) is 2.70.